The van der Waals surface area contributed by atoms with Gasteiger partial charge in [0, 0.05) is 22.9 Å². The third-order valence-corrected chi connectivity index (χ3v) is 5.01. The molecule has 2 rings (SSSR count). The maximum atomic E-state index is 13.6. The Morgan fingerprint density at radius 3 is 2.75 bits per heavy atom. The maximum Gasteiger partial charge on any atom is 0.262 e. The van der Waals surface area contributed by atoms with Gasteiger partial charge in [0.15, 0.2) is 0 Å². The van der Waals surface area contributed by atoms with Gasteiger partial charge in [-0.1, -0.05) is 0 Å². The van der Waals surface area contributed by atoms with Crippen molar-refractivity contribution in [2.24, 2.45) is 5.73 Å². The predicted molar refractivity (Wildman–Crippen MR) is 76.0 cm³/mol. The van der Waals surface area contributed by atoms with Crippen molar-refractivity contribution in [2.45, 2.75) is 11.4 Å². The number of nitrogens with one attached hydrogen (secondary N) is 1. The lowest BCUT2D eigenvalue weighted by Gasteiger charge is -2.09. The molecule has 1 aromatic heterocycles. The molecule has 0 saturated heterocycles. The highest BCUT2D eigenvalue weighted by Crippen LogP contribution is 2.25. The van der Waals surface area contributed by atoms with E-state index in [0.29, 0.717) is 5.75 Å². The minimum absolute atomic E-state index is 0.0603. The van der Waals surface area contributed by atoms with Crippen LogP contribution < -0.4 is 15.2 Å². The van der Waals surface area contributed by atoms with Crippen LogP contribution in [0.4, 0.5) is 10.1 Å². The topological polar surface area (TPSA) is 81.4 Å². The number of nitrogens with two attached hydrogens (primary N) is 1. The first-order valence-corrected chi connectivity index (χ1v) is 7.96. The van der Waals surface area contributed by atoms with Gasteiger partial charge in [-0.15, -0.1) is 11.3 Å². The summed E-state index contributed by atoms with van der Waals surface area (Å²) in [4.78, 5) is 0.793. The molecule has 0 bridgehead atoms. The average Bonchev–Trinajstić information content (AvgIpc) is 2.91. The van der Waals surface area contributed by atoms with E-state index in [1.165, 1.54) is 42.0 Å². The molecule has 2 aromatic rings. The third kappa shape index (κ3) is 3.09. The molecule has 0 saturated carbocycles. The number of benzene rings is 1. The number of ether oxygens (including phenoxy) is 1. The highest BCUT2D eigenvalue weighted by molar-refractivity contribution is 7.92. The molecular formula is C12H13FN2O3S2. The van der Waals surface area contributed by atoms with Crippen LogP contribution in [-0.2, 0) is 16.6 Å². The van der Waals surface area contributed by atoms with Crippen molar-refractivity contribution in [3.05, 3.63) is 40.3 Å². The predicted octanol–water partition coefficient (Wildman–Crippen LogP) is 2.16. The van der Waals surface area contributed by atoms with Crippen molar-refractivity contribution in [2.75, 3.05) is 11.8 Å². The first-order chi connectivity index (χ1) is 9.46. The van der Waals surface area contributed by atoms with Crippen molar-refractivity contribution in [1.82, 2.24) is 0 Å². The number of thiophene rings is 1. The van der Waals surface area contributed by atoms with Crippen LogP contribution in [-0.4, -0.2) is 15.5 Å². The van der Waals surface area contributed by atoms with Gasteiger partial charge in [-0.25, -0.2) is 12.8 Å². The van der Waals surface area contributed by atoms with Crippen LogP contribution in [0, 0.1) is 5.82 Å². The Morgan fingerprint density at radius 1 is 1.40 bits per heavy atom. The molecule has 108 valence electrons. The molecule has 0 radical (unpaired) electrons. The standard InChI is InChI=1S/C12H13FN2O3S2/c1-18-8-2-3-11(13)12(4-8)15-20(16,17)10-5-9(6-14)19-7-10/h2-5,7,15H,6,14H2,1H3. The van der Waals surface area contributed by atoms with Gasteiger partial charge in [-0.3, -0.25) is 4.72 Å². The first kappa shape index (κ1) is 14.8. The van der Waals surface area contributed by atoms with Gasteiger partial charge in [0.25, 0.3) is 10.0 Å². The van der Waals surface area contributed by atoms with Crippen LogP contribution in [0.1, 0.15) is 4.88 Å². The Morgan fingerprint density at radius 2 is 2.15 bits per heavy atom. The van der Waals surface area contributed by atoms with Crippen LogP contribution in [0.3, 0.4) is 0 Å². The zero-order valence-corrected chi connectivity index (χ0v) is 12.2. The summed E-state index contributed by atoms with van der Waals surface area (Å²) in [6.07, 6.45) is 0. The normalized spacial score (nSPS) is 11.3. The quantitative estimate of drug-likeness (QED) is 0.885. The second-order valence-corrected chi connectivity index (χ2v) is 6.58. The number of halogens is 1. The van der Waals surface area contributed by atoms with Crippen molar-refractivity contribution in [3.8, 4) is 5.75 Å². The van der Waals surface area contributed by atoms with Gasteiger partial charge in [0.2, 0.25) is 0 Å². The fraction of sp³-hybridized carbons (Fsp3) is 0.167. The Balaban J connectivity index is 2.32. The SMILES string of the molecule is COc1ccc(F)c(NS(=O)(=O)c2csc(CN)c2)c1. The van der Waals surface area contributed by atoms with Crippen LogP contribution in [0.2, 0.25) is 0 Å². The second-order valence-electron chi connectivity index (χ2n) is 3.90. The zero-order valence-electron chi connectivity index (χ0n) is 10.6. The van der Waals surface area contributed by atoms with Crippen molar-refractivity contribution >= 4 is 27.0 Å². The number of sulfonamides is 1. The molecule has 0 atom stereocenters. The van der Waals surface area contributed by atoms with E-state index in [9.17, 15) is 12.8 Å². The maximum absolute atomic E-state index is 13.6. The van der Waals surface area contributed by atoms with Gasteiger partial charge in [0.1, 0.15) is 11.6 Å². The van der Waals surface area contributed by atoms with E-state index < -0.39 is 15.8 Å². The number of methoxy groups -OCH3 is 1. The minimum Gasteiger partial charge on any atom is -0.497 e. The van der Waals surface area contributed by atoms with E-state index in [1.54, 1.807) is 0 Å². The summed E-state index contributed by atoms with van der Waals surface area (Å²) in [6, 6.07) is 5.29. The molecule has 0 aliphatic rings. The fourth-order valence-corrected chi connectivity index (χ4v) is 3.74. The third-order valence-electron chi connectivity index (χ3n) is 2.56. The van der Waals surface area contributed by atoms with Gasteiger partial charge < -0.3 is 10.5 Å². The molecule has 0 spiro atoms. The number of anilines is 1. The summed E-state index contributed by atoms with van der Waals surface area (Å²) >= 11 is 1.24. The van der Waals surface area contributed by atoms with Gasteiger partial charge in [-0.2, -0.15) is 0 Å². The van der Waals surface area contributed by atoms with Gasteiger partial charge >= 0.3 is 0 Å². The molecule has 0 aliphatic heterocycles. The lowest BCUT2D eigenvalue weighted by molar-refractivity contribution is 0.414. The molecule has 3 N–H and O–H groups in total. The molecule has 5 nitrogen and oxygen atoms in total. The summed E-state index contributed by atoms with van der Waals surface area (Å²) < 4.78 is 45.0. The zero-order chi connectivity index (χ0) is 14.8. The average molecular weight is 316 g/mol. The molecule has 0 amide bonds. The van der Waals surface area contributed by atoms with Crippen LogP contribution in [0.25, 0.3) is 0 Å². The second kappa shape index (κ2) is 5.78. The van der Waals surface area contributed by atoms with E-state index >= 15 is 0 Å². The number of rotatable bonds is 5. The highest BCUT2D eigenvalue weighted by Gasteiger charge is 2.18. The highest BCUT2D eigenvalue weighted by atomic mass is 32.2. The summed E-state index contributed by atoms with van der Waals surface area (Å²) in [7, 11) is -2.43. The molecule has 8 heteroatoms. The molecule has 0 aliphatic carbocycles. The number of hydrogen-bond donors (Lipinski definition) is 2. The van der Waals surface area contributed by atoms with E-state index in [4.69, 9.17) is 10.5 Å². The summed E-state index contributed by atoms with van der Waals surface area (Å²) in [5.41, 5.74) is 5.28. The van der Waals surface area contributed by atoms with Crippen molar-refractivity contribution < 1.29 is 17.5 Å². The summed E-state index contributed by atoms with van der Waals surface area (Å²) in [6.45, 7) is 0.258. The lowest BCUT2D eigenvalue weighted by atomic mass is 10.3. The van der Waals surface area contributed by atoms with E-state index in [-0.39, 0.29) is 17.1 Å². The molecular weight excluding hydrogens is 303 g/mol. The van der Waals surface area contributed by atoms with Gasteiger partial charge in [-0.05, 0) is 18.2 Å². The molecule has 20 heavy (non-hydrogen) atoms. The Bertz CT molecular complexity index is 713. The molecule has 1 heterocycles. The molecule has 1 aromatic carbocycles. The molecule has 0 fully saturated rings. The largest absolute Gasteiger partial charge is 0.497 e. The van der Waals surface area contributed by atoms with E-state index in [2.05, 4.69) is 4.72 Å². The smallest absolute Gasteiger partial charge is 0.262 e. The van der Waals surface area contributed by atoms with Crippen LogP contribution >= 0.6 is 11.3 Å². The first-order valence-electron chi connectivity index (χ1n) is 5.60. The van der Waals surface area contributed by atoms with Gasteiger partial charge in [0.05, 0.1) is 17.7 Å². The Kier molecular flexibility index (Phi) is 4.26. The summed E-state index contributed by atoms with van der Waals surface area (Å²) in [5, 5.41) is 1.46. The number of hydrogen-bond acceptors (Lipinski definition) is 5. The van der Waals surface area contributed by atoms with Crippen molar-refractivity contribution in [3.63, 3.8) is 0 Å². The Hall–Kier alpha value is -1.64. The minimum atomic E-state index is -3.84. The van der Waals surface area contributed by atoms with Crippen LogP contribution in [0.15, 0.2) is 34.5 Å². The van der Waals surface area contributed by atoms with Crippen molar-refractivity contribution in [1.29, 1.82) is 0 Å². The Labute approximate surface area is 120 Å². The lowest BCUT2D eigenvalue weighted by Crippen LogP contribution is -2.13. The monoisotopic (exact) mass is 316 g/mol. The van der Waals surface area contributed by atoms with E-state index in [1.807, 2.05) is 0 Å². The van der Waals surface area contributed by atoms with E-state index in [0.717, 1.165) is 10.9 Å². The fourth-order valence-electron chi connectivity index (χ4n) is 1.52. The molecule has 0 unspecified atom stereocenters. The van der Waals surface area contributed by atoms with Crippen LogP contribution in [0.5, 0.6) is 5.75 Å². The summed E-state index contributed by atoms with van der Waals surface area (Å²) in [5.74, 6) is -0.319.